The molecule has 0 bridgehead atoms. The topological polar surface area (TPSA) is 94.8 Å². The third-order valence-electron chi connectivity index (χ3n) is 6.34. The Labute approximate surface area is 160 Å². The number of hydrogen-bond donors (Lipinski definition) is 3. The highest BCUT2D eigenvalue weighted by Gasteiger charge is 2.42. The molecule has 0 heterocycles. The van der Waals surface area contributed by atoms with Crippen molar-refractivity contribution in [3.05, 3.63) is 35.4 Å². The van der Waals surface area contributed by atoms with Crippen molar-refractivity contribution in [2.75, 3.05) is 0 Å². The Balaban J connectivity index is 1.58. The second-order valence-corrected chi connectivity index (χ2v) is 8.22. The molecule has 0 saturated heterocycles. The van der Waals surface area contributed by atoms with Gasteiger partial charge in [-0.25, -0.2) is 0 Å². The lowest BCUT2D eigenvalue weighted by molar-refractivity contribution is -0.137. The molecular weight excluding hydrogens is 344 g/mol. The van der Waals surface area contributed by atoms with E-state index in [1.165, 1.54) is 0 Å². The SMILES string of the molecule is O=C(O)CCCCCCC1C(=O)CC(O)C1c1ccc(C2(O)CCC2)cc1. The van der Waals surface area contributed by atoms with E-state index in [-0.39, 0.29) is 30.5 Å². The van der Waals surface area contributed by atoms with Crippen LogP contribution in [0.2, 0.25) is 0 Å². The monoisotopic (exact) mass is 374 g/mol. The van der Waals surface area contributed by atoms with E-state index in [0.717, 1.165) is 56.1 Å². The minimum atomic E-state index is -0.765. The van der Waals surface area contributed by atoms with Gasteiger partial charge in [-0.05, 0) is 43.2 Å². The van der Waals surface area contributed by atoms with E-state index in [2.05, 4.69) is 0 Å². The third-order valence-corrected chi connectivity index (χ3v) is 6.34. The number of ketones is 1. The van der Waals surface area contributed by atoms with Crippen molar-refractivity contribution in [2.45, 2.75) is 81.8 Å². The van der Waals surface area contributed by atoms with Crippen LogP contribution in [0.25, 0.3) is 0 Å². The van der Waals surface area contributed by atoms with Crippen LogP contribution in [0.5, 0.6) is 0 Å². The predicted molar refractivity (Wildman–Crippen MR) is 101 cm³/mol. The van der Waals surface area contributed by atoms with Gasteiger partial charge in [-0.2, -0.15) is 0 Å². The fourth-order valence-corrected chi connectivity index (χ4v) is 4.56. The summed E-state index contributed by atoms with van der Waals surface area (Å²) in [4.78, 5) is 22.9. The number of carboxylic acid groups (broad SMARTS) is 1. The lowest BCUT2D eigenvalue weighted by Crippen LogP contribution is -2.33. The molecule has 148 valence electrons. The smallest absolute Gasteiger partial charge is 0.303 e. The van der Waals surface area contributed by atoms with Crippen molar-refractivity contribution in [1.82, 2.24) is 0 Å². The fourth-order valence-electron chi connectivity index (χ4n) is 4.56. The van der Waals surface area contributed by atoms with Crippen molar-refractivity contribution in [3.63, 3.8) is 0 Å². The summed E-state index contributed by atoms with van der Waals surface area (Å²) < 4.78 is 0. The number of carbonyl (C=O) groups excluding carboxylic acids is 1. The number of hydrogen-bond acceptors (Lipinski definition) is 4. The highest BCUT2D eigenvalue weighted by atomic mass is 16.4. The van der Waals surface area contributed by atoms with Crippen LogP contribution < -0.4 is 0 Å². The minimum absolute atomic E-state index is 0.125. The van der Waals surface area contributed by atoms with Crippen molar-refractivity contribution in [3.8, 4) is 0 Å². The summed E-state index contributed by atoms with van der Waals surface area (Å²) in [6.07, 6.45) is 6.43. The molecule has 0 spiro atoms. The van der Waals surface area contributed by atoms with Crippen LogP contribution >= 0.6 is 0 Å². The van der Waals surface area contributed by atoms with E-state index < -0.39 is 17.7 Å². The zero-order chi connectivity index (χ0) is 19.4. The Morgan fingerprint density at radius 3 is 2.33 bits per heavy atom. The zero-order valence-corrected chi connectivity index (χ0v) is 15.8. The number of carbonyl (C=O) groups is 2. The summed E-state index contributed by atoms with van der Waals surface area (Å²) in [5.74, 6) is -0.988. The Kier molecular flexibility index (Phi) is 6.33. The number of carboxylic acids is 1. The number of aliphatic hydroxyl groups is 2. The van der Waals surface area contributed by atoms with Crippen LogP contribution in [0, 0.1) is 5.92 Å². The number of aliphatic hydroxyl groups excluding tert-OH is 1. The average Bonchev–Trinajstić information content (AvgIpc) is 2.89. The van der Waals surface area contributed by atoms with Gasteiger partial charge in [0.05, 0.1) is 11.7 Å². The van der Waals surface area contributed by atoms with Crippen LogP contribution in [-0.2, 0) is 15.2 Å². The summed E-state index contributed by atoms with van der Waals surface area (Å²) in [7, 11) is 0. The van der Waals surface area contributed by atoms with Crippen LogP contribution in [0.3, 0.4) is 0 Å². The summed E-state index contributed by atoms with van der Waals surface area (Å²) >= 11 is 0. The third kappa shape index (κ3) is 4.58. The standard InChI is InChI=1S/C22H30O5/c23-18-14-19(24)21(17(18)6-3-1-2-4-7-20(25)26)15-8-10-16(11-9-15)22(27)12-5-13-22/h8-11,17,19,21,24,27H,1-7,12-14H2,(H,25,26). The van der Waals surface area contributed by atoms with Gasteiger partial charge < -0.3 is 15.3 Å². The molecule has 5 nitrogen and oxygen atoms in total. The normalized spacial score (nSPS) is 26.7. The molecule has 3 rings (SSSR count). The second-order valence-electron chi connectivity index (χ2n) is 8.22. The number of benzene rings is 1. The zero-order valence-electron chi connectivity index (χ0n) is 15.8. The summed E-state index contributed by atoms with van der Waals surface area (Å²) in [5, 5.41) is 29.6. The first-order valence-corrected chi connectivity index (χ1v) is 10.2. The highest BCUT2D eigenvalue weighted by Crippen LogP contribution is 2.43. The van der Waals surface area contributed by atoms with E-state index in [0.29, 0.717) is 6.42 Å². The summed E-state index contributed by atoms with van der Waals surface area (Å²) in [5.41, 5.74) is 1.19. The maximum atomic E-state index is 12.4. The van der Waals surface area contributed by atoms with Gasteiger partial charge in [0.15, 0.2) is 0 Å². The fraction of sp³-hybridized carbons (Fsp3) is 0.636. The van der Waals surface area contributed by atoms with E-state index in [4.69, 9.17) is 5.11 Å². The molecule has 3 atom stereocenters. The van der Waals surface area contributed by atoms with Crippen LogP contribution in [-0.4, -0.2) is 33.2 Å². The van der Waals surface area contributed by atoms with E-state index >= 15 is 0 Å². The molecule has 3 unspecified atom stereocenters. The molecule has 3 N–H and O–H groups in total. The minimum Gasteiger partial charge on any atom is -0.481 e. The van der Waals surface area contributed by atoms with Crippen molar-refractivity contribution >= 4 is 11.8 Å². The van der Waals surface area contributed by atoms with Gasteiger partial charge in [-0.1, -0.05) is 43.5 Å². The van der Waals surface area contributed by atoms with Gasteiger partial charge >= 0.3 is 5.97 Å². The van der Waals surface area contributed by atoms with E-state index in [1.807, 2.05) is 24.3 Å². The van der Waals surface area contributed by atoms with Gasteiger partial charge in [0.2, 0.25) is 0 Å². The van der Waals surface area contributed by atoms with Gasteiger partial charge in [-0.3, -0.25) is 9.59 Å². The van der Waals surface area contributed by atoms with Crippen molar-refractivity contribution in [1.29, 1.82) is 0 Å². The number of Topliss-reactive ketones (excluding diaryl/α,β-unsaturated/α-hetero) is 1. The molecule has 2 aliphatic rings. The average molecular weight is 374 g/mol. The highest BCUT2D eigenvalue weighted by molar-refractivity contribution is 5.85. The Hall–Kier alpha value is -1.72. The first kappa shape index (κ1) is 20.0. The summed E-state index contributed by atoms with van der Waals surface area (Å²) in [6.45, 7) is 0. The van der Waals surface area contributed by atoms with Gasteiger partial charge in [0.25, 0.3) is 0 Å². The summed E-state index contributed by atoms with van der Waals surface area (Å²) in [6, 6.07) is 7.79. The predicted octanol–water partition coefficient (Wildman–Crippen LogP) is 3.52. The molecular formula is C22H30O5. The lowest BCUT2D eigenvalue weighted by atomic mass is 9.74. The molecule has 1 aromatic carbocycles. The molecule has 0 radical (unpaired) electrons. The Morgan fingerprint density at radius 2 is 1.74 bits per heavy atom. The Bertz CT molecular complexity index is 662. The van der Waals surface area contributed by atoms with Crippen molar-refractivity contribution in [2.24, 2.45) is 5.92 Å². The molecule has 0 aromatic heterocycles. The lowest BCUT2D eigenvalue weighted by Gasteiger charge is -2.37. The molecule has 5 heteroatoms. The maximum absolute atomic E-state index is 12.4. The number of aliphatic carboxylic acids is 1. The van der Waals surface area contributed by atoms with E-state index in [9.17, 15) is 19.8 Å². The quantitative estimate of drug-likeness (QED) is 0.575. The number of rotatable bonds is 9. The first-order valence-electron chi connectivity index (χ1n) is 10.2. The van der Waals surface area contributed by atoms with Crippen molar-refractivity contribution < 1.29 is 24.9 Å². The van der Waals surface area contributed by atoms with Crippen LogP contribution in [0.1, 0.15) is 81.3 Å². The molecule has 0 aliphatic heterocycles. The largest absolute Gasteiger partial charge is 0.481 e. The molecule has 0 amide bonds. The molecule has 2 aliphatic carbocycles. The van der Waals surface area contributed by atoms with E-state index in [1.54, 1.807) is 0 Å². The van der Waals surface area contributed by atoms with Gasteiger partial charge in [-0.15, -0.1) is 0 Å². The number of unbranched alkanes of at least 4 members (excludes halogenated alkanes) is 3. The molecule has 2 fully saturated rings. The van der Waals surface area contributed by atoms with Crippen LogP contribution in [0.15, 0.2) is 24.3 Å². The molecule has 2 saturated carbocycles. The molecule has 1 aromatic rings. The molecule has 27 heavy (non-hydrogen) atoms. The Morgan fingerprint density at radius 1 is 1.07 bits per heavy atom. The maximum Gasteiger partial charge on any atom is 0.303 e. The van der Waals surface area contributed by atoms with Gasteiger partial charge in [0, 0.05) is 24.7 Å². The van der Waals surface area contributed by atoms with Crippen LogP contribution in [0.4, 0.5) is 0 Å². The van der Waals surface area contributed by atoms with Gasteiger partial charge in [0.1, 0.15) is 5.78 Å². The second kappa shape index (κ2) is 8.53. The first-order chi connectivity index (χ1) is 12.9.